The van der Waals surface area contributed by atoms with E-state index in [9.17, 15) is 13.2 Å². The molecule has 0 unspecified atom stereocenters. The molecule has 5 aliphatic rings. The second-order valence-electron chi connectivity index (χ2n) is 11.4. The Labute approximate surface area is 206 Å². The van der Waals surface area contributed by atoms with Crippen LogP contribution in [0.2, 0.25) is 0 Å². The molecule has 1 aliphatic heterocycles. The van der Waals surface area contributed by atoms with Gasteiger partial charge in [-0.2, -0.15) is 23.3 Å². The number of rotatable bonds is 4. The van der Waals surface area contributed by atoms with Gasteiger partial charge in [-0.1, -0.05) is 0 Å². The summed E-state index contributed by atoms with van der Waals surface area (Å²) in [6.07, 6.45) is 1.95. The van der Waals surface area contributed by atoms with Crippen molar-refractivity contribution in [3.63, 3.8) is 0 Å². The highest BCUT2D eigenvalue weighted by atomic mass is 19.4. The molecule has 5 fully saturated rings. The maximum atomic E-state index is 13.6. The summed E-state index contributed by atoms with van der Waals surface area (Å²) in [4.78, 5) is 21.1. The number of morpholine rings is 1. The van der Waals surface area contributed by atoms with E-state index in [4.69, 9.17) is 19.7 Å². The van der Waals surface area contributed by atoms with Gasteiger partial charge in [-0.25, -0.2) is 15.0 Å². The number of hydrogen-bond acceptors (Lipinski definition) is 7. The van der Waals surface area contributed by atoms with Crippen LogP contribution in [0.3, 0.4) is 0 Å². The summed E-state index contributed by atoms with van der Waals surface area (Å²) < 4.78 is 49.1. The Morgan fingerprint density at radius 2 is 1.72 bits per heavy atom. The Morgan fingerprint density at radius 3 is 2.42 bits per heavy atom. The third-order valence-corrected chi connectivity index (χ3v) is 8.52. The van der Waals surface area contributed by atoms with E-state index < -0.39 is 17.0 Å². The van der Waals surface area contributed by atoms with Crippen molar-refractivity contribution >= 4 is 17.1 Å². The van der Waals surface area contributed by atoms with Crippen LogP contribution in [0.25, 0.3) is 11.2 Å². The molecule has 190 valence electrons. The van der Waals surface area contributed by atoms with Crippen LogP contribution < -0.4 is 4.90 Å². The van der Waals surface area contributed by atoms with Crippen LogP contribution in [0.4, 0.5) is 19.1 Å². The second kappa shape index (κ2) is 7.14. The zero-order valence-corrected chi connectivity index (χ0v) is 20.5. The van der Waals surface area contributed by atoms with Crippen molar-refractivity contribution in [3.8, 4) is 0 Å². The molecule has 0 spiro atoms. The number of aromatic nitrogens is 6. The molecule has 0 N–H and O–H groups in total. The molecule has 2 bridgehead atoms. The molecule has 4 heterocycles. The molecule has 1 saturated heterocycles. The van der Waals surface area contributed by atoms with Crippen LogP contribution in [-0.2, 0) is 10.2 Å². The second-order valence-corrected chi connectivity index (χ2v) is 11.4. The fourth-order valence-corrected chi connectivity index (χ4v) is 6.31. The van der Waals surface area contributed by atoms with Gasteiger partial charge in [0.25, 0.3) is 0 Å². The minimum atomic E-state index is -4.18. The van der Waals surface area contributed by atoms with Crippen LogP contribution >= 0.6 is 0 Å². The summed E-state index contributed by atoms with van der Waals surface area (Å²) in [7, 11) is 0. The largest absolute Gasteiger partial charge is 0.394 e. The summed E-state index contributed by atoms with van der Waals surface area (Å²) >= 11 is 0. The SMILES string of the molecule is Cc1nc2nc(N3C[C@@H](C)O[C@H](c4cnn(C5CC5)c4)C3)nc(C34CC(C(F)(F)F)(C3)C4)c2nc1C. The molecule has 8 nitrogen and oxygen atoms in total. The maximum absolute atomic E-state index is 13.6. The van der Waals surface area contributed by atoms with Crippen LogP contribution in [0, 0.1) is 19.3 Å². The van der Waals surface area contributed by atoms with Crippen molar-refractivity contribution in [1.82, 2.24) is 29.7 Å². The van der Waals surface area contributed by atoms with Crippen LogP contribution in [0.5, 0.6) is 0 Å². The molecular formula is C25H28F3N7O. The first-order chi connectivity index (χ1) is 17.1. The molecule has 0 aromatic carbocycles. The molecule has 2 atom stereocenters. The van der Waals surface area contributed by atoms with E-state index in [1.165, 1.54) is 0 Å². The monoisotopic (exact) mass is 499 g/mol. The normalized spacial score (nSPS) is 31.9. The van der Waals surface area contributed by atoms with Crippen molar-refractivity contribution in [3.05, 3.63) is 35.0 Å². The lowest BCUT2D eigenvalue weighted by Gasteiger charge is -2.70. The maximum Gasteiger partial charge on any atom is 0.394 e. The van der Waals surface area contributed by atoms with Gasteiger partial charge in [0.15, 0.2) is 5.65 Å². The number of ether oxygens (including phenoxy) is 1. The Morgan fingerprint density at radius 1 is 1.00 bits per heavy atom. The highest BCUT2D eigenvalue weighted by molar-refractivity contribution is 5.77. The van der Waals surface area contributed by atoms with Gasteiger partial charge in [-0.05, 0) is 52.9 Å². The van der Waals surface area contributed by atoms with Crippen LogP contribution in [0.1, 0.15) is 73.8 Å². The Balaban J connectivity index is 1.26. The van der Waals surface area contributed by atoms with Crippen molar-refractivity contribution in [1.29, 1.82) is 0 Å². The summed E-state index contributed by atoms with van der Waals surface area (Å²) in [5.74, 6) is 0.482. The lowest BCUT2D eigenvalue weighted by atomic mass is 9.34. The number of anilines is 1. The first-order valence-electron chi connectivity index (χ1n) is 12.6. The lowest BCUT2D eigenvalue weighted by Crippen LogP contribution is -2.70. The van der Waals surface area contributed by atoms with Crippen LogP contribution in [0.15, 0.2) is 12.4 Å². The Hall–Kier alpha value is -2.82. The predicted octanol–water partition coefficient (Wildman–Crippen LogP) is 4.52. The van der Waals surface area contributed by atoms with E-state index in [1.54, 1.807) is 0 Å². The Kier molecular flexibility index (Phi) is 4.44. The van der Waals surface area contributed by atoms with E-state index in [2.05, 4.69) is 21.2 Å². The number of nitrogens with zero attached hydrogens (tertiary/aromatic N) is 7. The first kappa shape index (κ1) is 22.4. The fourth-order valence-electron chi connectivity index (χ4n) is 6.31. The third-order valence-electron chi connectivity index (χ3n) is 8.52. The predicted molar refractivity (Wildman–Crippen MR) is 125 cm³/mol. The van der Waals surface area contributed by atoms with Gasteiger partial charge in [0.1, 0.15) is 11.6 Å². The van der Waals surface area contributed by atoms with E-state index in [1.807, 2.05) is 31.6 Å². The molecular weight excluding hydrogens is 471 g/mol. The van der Waals surface area contributed by atoms with Crippen molar-refractivity contribution in [2.24, 2.45) is 5.41 Å². The number of hydrogen-bond donors (Lipinski definition) is 0. The summed E-state index contributed by atoms with van der Waals surface area (Å²) in [5.41, 5.74) is 1.91. The van der Waals surface area contributed by atoms with Gasteiger partial charge < -0.3 is 9.64 Å². The van der Waals surface area contributed by atoms with Gasteiger partial charge in [-0.3, -0.25) is 4.68 Å². The van der Waals surface area contributed by atoms with Crippen molar-refractivity contribution in [2.75, 3.05) is 18.0 Å². The van der Waals surface area contributed by atoms with Crippen LogP contribution in [-0.4, -0.2) is 55.1 Å². The average molecular weight is 500 g/mol. The van der Waals surface area contributed by atoms with E-state index in [-0.39, 0.29) is 31.5 Å². The highest BCUT2D eigenvalue weighted by Gasteiger charge is 2.79. The highest BCUT2D eigenvalue weighted by Crippen LogP contribution is 2.78. The number of aryl methyl sites for hydroxylation is 2. The minimum Gasteiger partial charge on any atom is -0.367 e. The van der Waals surface area contributed by atoms with Gasteiger partial charge >= 0.3 is 6.18 Å². The van der Waals surface area contributed by atoms with Gasteiger partial charge in [0.2, 0.25) is 5.95 Å². The third kappa shape index (κ3) is 3.20. The van der Waals surface area contributed by atoms with Gasteiger partial charge in [0.05, 0.1) is 47.4 Å². The molecule has 11 heteroatoms. The van der Waals surface area contributed by atoms with Gasteiger partial charge in [0, 0.05) is 23.7 Å². The molecule has 3 aromatic rings. The van der Waals surface area contributed by atoms with Crippen molar-refractivity contribution in [2.45, 2.75) is 82.7 Å². The first-order valence-corrected chi connectivity index (χ1v) is 12.6. The topological polar surface area (TPSA) is 81.9 Å². The standard InChI is InChI=1S/C25H28F3N7O/c1-13-7-34(9-18(36-13)16-6-29-35(8-16)17-4-5-17)22-32-20(19-21(33-22)31-15(3)14(2)30-19)23-10-24(11-23,12-23)25(26,27)28/h6,8,13,17-18H,4-5,7,9-12H2,1-3H3/t13-,18+,23?,24?/m1/s1. The number of halogens is 3. The van der Waals surface area contributed by atoms with Crippen molar-refractivity contribution < 1.29 is 17.9 Å². The summed E-state index contributed by atoms with van der Waals surface area (Å²) in [6, 6.07) is 0.487. The average Bonchev–Trinajstić information content (AvgIpc) is 3.48. The molecule has 8 rings (SSSR count). The molecule has 3 aromatic heterocycles. The minimum absolute atomic E-state index is 0.0617. The fraction of sp³-hybridized carbons (Fsp3) is 0.640. The van der Waals surface area contributed by atoms with Gasteiger partial charge in [-0.15, -0.1) is 0 Å². The summed E-state index contributed by atoms with van der Waals surface area (Å²) in [5, 5.41) is 4.51. The molecule has 36 heavy (non-hydrogen) atoms. The zero-order chi connectivity index (χ0) is 25.0. The molecule has 4 aliphatic carbocycles. The number of alkyl halides is 3. The lowest BCUT2D eigenvalue weighted by molar-refractivity contribution is -0.337. The molecule has 0 radical (unpaired) electrons. The Bertz CT molecular complexity index is 1360. The van der Waals surface area contributed by atoms with E-state index in [0.717, 1.165) is 29.8 Å². The van der Waals surface area contributed by atoms with E-state index >= 15 is 0 Å². The smallest absolute Gasteiger partial charge is 0.367 e. The quantitative estimate of drug-likeness (QED) is 0.522. The molecule has 0 amide bonds. The van der Waals surface area contributed by atoms with E-state index in [0.29, 0.717) is 41.9 Å². The molecule has 4 saturated carbocycles. The summed E-state index contributed by atoms with van der Waals surface area (Å²) in [6.45, 7) is 6.84. The number of fused-ring (bicyclic) bond motifs is 1. The zero-order valence-electron chi connectivity index (χ0n) is 20.5.